The van der Waals surface area contributed by atoms with E-state index < -0.39 is 11.7 Å². The molecule has 0 unspecified atom stereocenters. The molecular weight excluding hydrogens is 319 g/mol. The Balaban J connectivity index is 2.23. The van der Waals surface area contributed by atoms with E-state index in [9.17, 15) is 14.0 Å². The Kier molecular flexibility index (Phi) is 4.33. The number of carbonyl (C=O) groups is 2. The number of hydrogen-bond donors (Lipinski definition) is 1. The van der Waals surface area contributed by atoms with Crippen molar-refractivity contribution in [2.45, 2.75) is 33.1 Å². The molecule has 25 heavy (non-hydrogen) atoms. The van der Waals surface area contributed by atoms with Gasteiger partial charge in [0, 0.05) is 23.9 Å². The Morgan fingerprint density at radius 3 is 2.68 bits per heavy atom. The maximum atomic E-state index is 15.0. The Morgan fingerprint density at radius 2 is 2.04 bits per heavy atom. The number of nitrogens with zero attached hydrogens (tertiary/aromatic N) is 1. The molecule has 1 aliphatic heterocycles. The van der Waals surface area contributed by atoms with Crippen molar-refractivity contribution in [3.63, 3.8) is 0 Å². The second kappa shape index (κ2) is 6.31. The van der Waals surface area contributed by atoms with Crippen LogP contribution < -0.4 is 5.73 Å². The second-order valence-corrected chi connectivity index (χ2v) is 6.57. The van der Waals surface area contributed by atoms with Crippen LogP contribution in [0.1, 0.15) is 53.7 Å². The van der Waals surface area contributed by atoms with Crippen molar-refractivity contribution in [2.24, 2.45) is 5.73 Å². The van der Waals surface area contributed by atoms with Gasteiger partial charge in [0.15, 0.2) is 0 Å². The first kappa shape index (κ1) is 17.1. The van der Waals surface area contributed by atoms with Crippen LogP contribution >= 0.6 is 0 Å². The summed E-state index contributed by atoms with van der Waals surface area (Å²) < 4.78 is 15.0. The largest absolute Gasteiger partial charge is 0.366 e. The number of fused-ring (bicyclic) bond motifs is 1. The summed E-state index contributed by atoms with van der Waals surface area (Å²) in [5, 5.41) is 0. The lowest BCUT2D eigenvalue weighted by molar-refractivity contribution is -0.123. The molecule has 0 atom stereocenters. The van der Waals surface area contributed by atoms with Crippen molar-refractivity contribution in [1.82, 2.24) is 4.90 Å². The van der Waals surface area contributed by atoms with E-state index in [1.807, 2.05) is 13.8 Å². The van der Waals surface area contributed by atoms with Gasteiger partial charge in [0.25, 0.3) is 0 Å². The van der Waals surface area contributed by atoms with Crippen molar-refractivity contribution in [3.05, 3.63) is 58.6 Å². The van der Waals surface area contributed by atoms with Gasteiger partial charge in [-0.2, -0.15) is 0 Å². The summed E-state index contributed by atoms with van der Waals surface area (Å²) in [6, 6.07) is 1.23. The highest BCUT2D eigenvalue weighted by Crippen LogP contribution is 2.42. The number of primary amides is 1. The molecule has 2 aliphatic rings. The second-order valence-electron chi connectivity index (χ2n) is 6.57. The van der Waals surface area contributed by atoms with E-state index in [1.54, 1.807) is 11.1 Å². The summed E-state index contributed by atoms with van der Waals surface area (Å²) in [5.74, 6) is -1.29. The Morgan fingerprint density at radius 1 is 1.32 bits per heavy atom. The van der Waals surface area contributed by atoms with Gasteiger partial charge in [0.2, 0.25) is 11.8 Å². The van der Waals surface area contributed by atoms with Crippen molar-refractivity contribution >= 4 is 23.0 Å². The van der Waals surface area contributed by atoms with Gasteiger partial charge in [0.05, 0.1) is 0 Å². The van der Waals surface area contributed by atoms with Crippen molar-refractivity contribution in [1.29, 1.82) is 0 Å². The van der Waals surface area contributed by atoms with Gasteiger partial charge in [-0.1, -0.05) is 12.2 Å². The van der Waals surface area contributed by atoms with E-state index >= 15 is 0 Å². The van der Waals surface area contributed by atoms with Gasteiger partial charge in [-0.05, 0) is 67.5 Å². The fourth-order valence-corrected chi connectivity index (χ4v) is 3.67. The summed E-state index contributed by atoms with van der Waals surface area (Å²) in [6.45, 7) is 8.01. The molecule has 1 aromatic rings. The molecule has 0 bridgehead atoms. The highest BCUT2D eigenvalue weighted by Gasteiger charge is 2.29. The normalized spacial score (nSPS) is 16.6. The topological polar surface area (TPSA) is 63.4 Å². The third kappa shape index (κ3) is 2.80. The van der Waals surface area contributed by atoms with Crippen molar-refractivity contribution in [3.8, 4) is 0 Å². The van der Waals surface area contributed by atoms with Gasteiger partial charge in [-0.15, -0.1) is 0 Å². The van der Waals surface area contributed by atoms with E-state index in [0.717, 1.165) is 34.3 Å². The van der Waals surface area contributed by atoms with Crippen LogP contribution in [0.3, 0.4) is 0 Å². The molecule has 0 fully saturated rings. The summed E-state index contributed by atoms with van der Waals surface area (Å²) in [7, 11) is 0. The van der Waals surface area contributed by atoms with Crippen LogP contribution in [0.15, 0.2) is 30.5 Å². The first-order chi connectivity index (χ1) is 11.8. The lowest BCUT2D eigenvalue weighted by Gasteiger charge is -2.26. The number of allylic oxidation sites excluding steroid dienone is 3. The monoisotopic (exact) mass is 340 g/mol. The highest BCUT2D eigenvalue weighted by atomic mass is 19.1. The predicted octanol–water partition coefficient (Wildman–Crippen LogP) is 3.42. The number of amides is 2. The SMILES string of the molecule is C=CC(=O)N1C=C(c2c(F)cc(C(N)=O)c3c2C(C)=C(C)C3)CCC1. The third-order valence-corrected chi connectivity index (χ3v) is 5.04. The van der Waals surface area contributed by atoms with Gasteiger partial charge >= 0.3 is 0 Å². The van der Waals surface area contributed by atoms with Gasteiger partial charge in [0.1, 0.15) is 5.82 Å². The highest BCUT2D eigenvalue weighted by molar-refractivity contribution is 5.99. The Labute approximate surface area is 146 Å². The maximum Gasteiger partial charge on any atom is 0.249 e. The number of carbonyl (C=O) groups excluding carboxylic acids is 2. The zero-order chi connectivity index (χ0) is 18.3. The first-order valence-corrected chi connectivity index (χ1v) is 8.31. The van der Waals surface area contributed by atoms with Crippen LogP contribution in [0.2, 0.25) is 0 Å². The summed E-state index contributed by atoms with van der Waals surface area (Å²) in [6.07, 6.45) is 4.98. The van der Waals surface area contributed by atoms with E-state index in [1.165, 1.54) is 12.1 Å². The molecular formula is C20H21FN2O2. The van der Waals surface area contributed by atoms with Gasteiger partial charge in [-0.3, -0.25) is 9.59 Å². The number of rotatable bonds is 3. The molecule has 2 N–H and O–H groups in total. The summed E-state index contributed by atoms with van der Waals surface area (Å²) in [4.78, 5) is 25.2. The first-order valence-electron chi connectivity index (χ1n) is 8.31. The molecule has 0 aromatic heterocycles. The van der Waals surface area contributed by atoms with Crippen LogP contribution in [-0.2, 0) is 11.2 Å². The minimum Gasteiger partial charge on any atom is -0.366 e. The zero-order valence-electron chi connectivity index (χ0n) is 14.5. The molecule has 0 spiro atoms. The van der Waals surface area contributed by atoms with Gasteiger partial charge in [-0.25, -0.2) is 4.39 Å². The predicted molar refractivity (Wildman–Crippen MR) is 96.0 cm³/mol. The fourth-order valence-electron chi connectivity index (χ4n) is 3.67. The lowest BCUT2D eigenvalue weighted by atomic mass is 9.88. The zero-order valence-corrected chi connectivity index (χ0v) is 14.5. The fraction of sp³-hybridized carbons (Fsp3) is 0.300. The Bertz CT molecular complexity index is 865. The molecule has 4 nitrogen and oxygen atoms in total. The van der Waals surface area contributed by atoms with Crippen LogP contribution in [0, 0.1) is 5.82 Å². The standard InChI is InChI=1S/C20H21FN2O2/c1-4-17(24)23-7-5-6-13(10-23)19-16(21)9-15(20(22)25)14-8-11(2)12(3)18(14)19/h4,9-10H,1,5-8H2,2-3H3,(H2,22,25). The molecule has 1 aromatic carbocycles. The van der Waals surface area contributed by atoms with E-state index in [4.69, 9.17) is 5.73 Å². The van der Waals surface area contributed by atoms with Crippen LogP contribution in [-0.4, -0.2) is 23.3 Å². The molecule has 2 amide bonds. The van der Waals surface area contributed by atoms with Crippen LogP contribution in [0.5, 0.6) is 0 Å². The molecule has 5 heteroatoms. The molecule has 1 heterocycles. The van der Waals surface area contributed by atoms with Gasteiger partial charge < -0.3 is 10.6 Å². The summed E-state index contributed by atoms with van der Waals surface area (Å²) in [5.41, 5.74) is 10.5. The van der Waals surface area contributed by atoms with Crippen molar-refractivity contribution < 1.29 is 14.0 Å². The molecule has 0 radical (unpaired) electrons. The average Bonchev–Trinajstić information content (AvgIpc) is 2.88. The molecule has 3 rings (SSSR count). The molecule has 0 saturated carbocycles. The quantitative estimate of drug-likeness (QED) is 0.857. The minimum atomic E-state index is -0.620. The molecule has 0 saturated heterocycles. The average molecular weight is 340 g/mol. The van der Waals surface area contributed by atoms with E-state index in [-0.39, 0.29) is 11.5 Å². The lowest BCUT2D eigenvalue weighted by Crippen LogP contribution is -2.28. The van der Waals surface area contributed by atoms with E-state index in [2.05, 4.69) is 6.58 Å². The number of halogens is 1. The Hall–Kier alpha value is -2.69. The summed E-state index contributed by atoms with van der Waals surface area (Å²) >= 11 is 0. The smallest absolute Gasteiger partial charge is 0.249 e. The molecule has 1 aliphatic carbocycles. The third-order valence-electron chi connectivity index (χ3n) is 5.04. The van der Waals surface area contributed by atoms with Crippen LogP contribution in [0.4, 0.5) is 4.39 Å². The molecule has 130 valence electrons. The van der Waals surface area contributed by atoms with Crippen molar-refractivity contribution in [2.75, 3.05) is 6.54 Å². The minimum absolute atomic E-state index is 0.202. The number of benzene rings is 1. The van der Waals surface area contributed by atoms with E-state index in [0.29, 0.717) is 24.9 Å². The number of hydrogen-bond acceptors (Lipinski definition) is 2. The number of nitrogens with two attached hydrogens (primary N) is 1. The maximum absolute atomic E-state index is 15.0. The van der Waals surface area contributed by atoms with Crippen LogP contribution in [0.25, 0.3) is 11.1 Å².